The first kappa shape index (κ1) is 19.9. The Labute approximate surface area is 168 Å². The van der Waals surface area contributed by atoms with Crippen molar-refractivity contribution in [3.05, 3.63) is 65.0 Å². The molecule has 1 heterocycles. The van der Waals surface area contributed by atoms with Gasteiger partial charge in [-0.05, 0) is 43.7 Å². The van der Waals surface area contributed by atoms with Crippen LogP contribution in [0, 0.1) is 13.8 Å². The van der Waals surface area contributed by atoms with Crippen LogP contribution in [0.25, 0.3) is 0 Å². The second-order valence-electron chi connectivity index (χ2n) is 6.45. The third-order valence-corrected chi connectivity index (χ3v) is 5.39. The number of carbonyl (C=O) groups is 1. The molecule has 0 amide bonds. The summed E-state index contributed by atoms with van der Waals surface area (Å²) in [5.74, 6) is 2.59. The van der Waals surface area contributed by atoms with Gasteiger partial charge < -0.3 is 14.0 Å². The minimum absolute atomic E-state index is 0.0848. The van der Waals surface area contributed by atoms with E-state index >= 15 is 0 Å². The molecule has 7 heteroatoms. The van der Waals surface area contributed by atoms with Crippen LogP contribution in [0.4, 0.5) is 0 Å². The van der Waals surface area contributed by atoms with E-state index in [1.165, 1.54) is 11.8 Å². The van der Waals surface area contributed by atoms with Crippen molar-refractivity contribution >= 4 is 17.5 Å². The molecule has 146 valence electrons. The number of thioether (sulfide) groups is 1. The summed E-state index contributed by atoms with van der Waals surface area (Å²) in [5.41, 5.74) is 2.90. The Kier molecular flexibility index (Phi) is 6.36. The molecular formula is C21H23N3O3S. The molecule has 0 radical (unpaired) electrons. The van der Waals surface area contributed by atoms with Gasteiger partial charge in [0, 0.05) is 12.6 Å². The maximum Gasteiger partial charge on any atom is 0.191 e. The van der Waals surface area contributed by atoms with Gasteiger partial charge in [0.2, 0.25) is 0 Å². The summed E-state index contributed by atoms with van der Waals surface area (Å²) in [7, 11) is 3.50. The van der Waals surface area contributed by atoms with Crippen LogP contribution in [-0.4, -0.2) is 33.4 Å². The van der Waals surface area contributed by atoms with Crippen LogP contribution in [-0.2, 0) is 13.7 Å². The molecule has 3 aromatic rings. The molecule has 0 aliphatic heterocycles. The predicted octanol–water partition coefficient (Wildman–Crippen LogP) is 3.99. The molecule has 0 aliphatic rings. The fourth-order valence-electron chi connectivity index (χ4n) is 2.75. The van der Waals surface area contributed by atoms with E-state index in [0.29, 0.717) is 23.3 Å². The minimum Gasteiger partial charge on any atom is -0.497 e. The van der Waals surface area contributed by atoms with E-state index in [1.54, 1.807) is 7.11 Å². The van der Waals surface area contributed by atoms with Gasteiger partial charge in [-0.25, -0.2) is 0 Å². The van der Waals surface area contributed by atoms with Gasteiger partial charge >= 0.3 is 0 Å². The van der Waals surface area contributed by atoms with Crippen molar-refractivity contribution in [2.75, 3.05) is 12.9 Å². The number of benzene rings is 2. The number of aromatic nitrogens is 3. The summed E-state index contributed by atoms with van der Waals surface area (Å²) in [6.45, 7) is 4.27. The van der Waals surface area contributed by atoms with E-state index in [4.69, 9.17) is 9.47 Å². The average Bonchev–Trinajstić information content (AvgIpc) is 3.04. The highest BCUT2D eigenvalue weighted by atomic mass is 32.2. The monoisotopic (exact) mass is 397 g/mol. The molecular weight excluding hydrogens is 374 g/mol. The molecule has 28 heavy (non-hydrogen) atoms. The summed E-state index contributed by atoms with van der Waals surface area (Å²) >= 11 is 1.38. The van der Waals surface area contributed by atoms with E-state index in [0.717, 1.165) is 28.2 Å². The van der Waals surface area contributed by atoms with Gasteiger partial charge in [0.05, 0.1) is 12.9 Å². The number of ether oxygens (including phenoxy) is 2. The third-order valence-electron chi connectivity index (χ3n) is 4.37. The molecule has 0 saturated carbocycles. The molecule has 0 spiro atoms. The smallest absolute Gasteiger partial charge is 0.191 e. The van der Waals surface area contributed by atoms with Crippen molar-refractivity contribution in [1.82, 2.24) is 14.8 Å². The fraction of sp³-hybridized carbons (Fsp3) is 0.286. The number of rotatable bonds is 8. The van der Waals surface area contributed by atoms with Crippen LogP contribution in [0.1, 0.15) is 27.3 Å². The number of Topliss-reactive ketones (excluding diaryl/α,β-unsaturated/α-hetero) is 1. The van der Waals surface area contributed by atoms with Gasteiger partial charge in [-0.3, -0.25) is 4.79 Å². The highest BCUT2D eigenvalue weighted by Crippen LogP contribution is 2.21. The van der Waals surface area contributed by atoms with Crippen molar-refractivity contribution < 1.29 is 14.3 Å². The largest absolute Gasteiger partial charge is 0.497 e. The Balaban J connectivity index is 1.58. The Morgan fingerprint density at radius 3 is 2.46 bits per heavy atom. The topological polar surface area (TPSA) is 66.2 Å². The Morgan fingerprint density at radius 1 is 1.07 bits per heavy atom. The molecule has 2 aromatic carbocycles. The molecule has 6 nitrogen and oxygen atoms in total. The summed E-state index contributed by atoms with van der Waals surface area (Å²) in [5, 5.41) is 9.04. The van der Waals surface area contributed by atoms with Crippen molar-refractivity contribution in [1.29, 1.82) is 0 Å². The van der Waals surface area contributed by atoms with Crippen LogP contribution in [0.2, 0.25) is 0 Å². The highest BCUT2D eigenvalue weighted by molar-refractivity contribution is 7.99. The van der Waals surface area contributed by atoms with Gasteiger partial charge in [0.1, 0.15) is 18.1 Å². The number of methoxy groups -OCH3 is 1. The number of hydrogen-bond acceptors (Lipinski definition) is 6. The molecule has 3 rings (SSSR count). The van der Waals surface area contributed by atoms with Crippen molar-refractivity contribution in [2.45, 2.75) is 25.6 Å². The molecule has 0 fully saturated rings. The van der Waals surface area contributed by atoms with E-state index in [2.05, 4.69) is 10.2 Å². The lowest BCUT2D eigenvalue weighted by molar-refractivity contribution is 0.102. The maximum atomic E-state index is 12.5. The van der Waals surface area contributed by atoms with Crippen molar-refractivity contribution in [2.24, 2.45) is 7.05 Å². The summed E-state index contributed by atoms with van der Waals surface area (Å²) in [4.78, 5) is 12.5. The summed E-state index contributed by atoms with van der Waals surface area (Å²) in [6, 6.07) is 13.2. The first-order valence-electron chi connectivity index (χ1n) is 8.86. The standard InChI is InChI=1S/C21H23N3O3S/c1-14-5-10-18(15(2)11-14)19(25)13-28-21-23-22-20(24(21)3)12-27-17-8-6-16(26-4)7-9-17/h5-11H,12-13H2,1-4H3. The highest BCUT2D eigenvalue weighted by Gasteiger charge is 2.14. The SMILES string of the molecule is COc1ccc(OCc2nnc(SCC(=O)c3ccc(C)cc3C)n2C)cc1. The fourth-order valence-corrected chi connectivity index (χ4v) is 3.56. The zero-order valence-electron chi connectivity index (χ0n) is 16.4. The lowest BCUT2D eigenvalue weighted by Gasteiger charge is -2.08. The van der Waals surface area contributed by atoms with Crippen LogP contribution < -0.4 is 9.47 Å². The van der Waals surface area contributed by atoms with E-state index in [-0.39, 0.29) is 5.78 Å². The van der Waals surface area contributed by atoms with Crippen molar-refractivity contribution in [3.63, 3.8) is 0 Å². The second kappa shape index (κ2) is 8.93. The Bertz CT molecular complexity index is 968. The third kappa shape index (κ3) is 4.72. The molecule has 0 bridgehead atoms. The van der Waals surface area contributed by atoms with E-state index in [1.807, 2.05) is 67.9 Å². The lowest BCUT2D eigenvalue weighted by Crippen LogP contribution is -2.07. The number of aryl methyl sites for hydroxylation is 2. The predicted molar refractivity (Wildman–Crippen MR) is 109 cm³/mol. The van der Waals surface area contributed by atoms with Gasteiger partial charge in [-0.2, -0.15) is 0 Å². The second-order valence-corrected chi connectivity index (χ2v) is 7.39. The van der Waals surface area contributed by atoms with Gasteiger partial charge in [0.15, 0.2) is 16.8 Å². The number of ketones is 1. The van der Waals surface area contributed by atoms with E-state index in [9.17, 15) is 4.79 Å². The normalized spacial score (nSPS) is 10.7. The molecule has 0 atom stereocenters. The average molecular weight is 398 g/mol. The number of carbonyl (C=O) groups excluding carboxylic acids is 1. The molecule has 0 N–H and O–H groups in total. The Morgan fingerprint density at radius 2 is 1.79 bits per heavy atom. The molecule has 0 unspecified atom stereocenters. The van der Waals surface area contributed by atoms with Crippen LogP contribution >= 0.6 is 11.8 Å². The quantitative estimate of drug-likeness (QED) is 0.423. The number of hydrogen-bond donors (Lipinski definition) is 0. The molecule has 1 aromatic heterocycles. The minimum atomic E-state index is 0.0848. The van der Waals surface area contributed by atoms with Crippen LogP contribution in [0.5, 0.6) is 11.5 Å². The zero-order valence-corrected chi connectivity index (χ0v) is 17.2. The zero-order chi connectivity index (χ0) is 20.1. The molecule has 0 saturated heterocycles. The lowest BCUT2D eigenvalue weighted by atomic mass is 10.0. The first-order valence-corrected chi connectivity index (χ1v) is 9.85. The molecule has 0 aliphatic carbocycles. The van der Waals surface area contributed by atoms with Crippen LogP contribution in [0.15, 0.2) is 47.6 Å². The number of nitrogens with zero attached hydrogens (tertiary/aromatic N) is 3. The first-order chi connectivity index (χ1) is 13.5. The maximum absolute atomic E-state index is 12.5. The van der Waals surface area contributed by atoms with Gasteiger partial charge in [0.25, 0.3) is 0 Å². The summed E-state index contributed by atoms with van der Waals surface area (Å²) in [6.07, 6.45) is 0. The van der Waals surface area contributed by atoms with Crippen molar-refractivity contribution in [3.8, 4) is 11.5 Å². The summed E-state index contributed by atoms with van der Waals surface area (Å²) < 4.78 is 12.7. The van der Waals surface area contributed by atoms with Crippen LogP contribution in [0.3, 0.4) is 0 Å². The Hall–Kier alpha value is -2.80. The van der Waals surface area contributed by atoms with E-state index < -0.39 is 0 Å². The van der Waals surface area contributed by atoms with Gasteiger partial charge in [-0.1, -0.05) is 35.5 Å². The van der Waals surface area contributed by atoms with Gasteiger partial charge in [-0.15, -0.1) is 10.2 Å².